The first kappa shape index (κ1) is 17.7. The summed E-state index contributed by atoms with van der Waals surface area (Å²) in [5.41, 5.74) is 0.509. The third-order valence-corrected chi connectivity index (χ3v) is 3.78. The number of nitrogens with zero attached hydrogens (tertiary/aromatic N) is 3. The van der Waals surface area contributed by atoms with Gasteiger partial charge < -0.3 is 5.32 Å². The Morgan fingerprint density at radius 1 is 1.15 bits per heavy atom. The van der Waals surface area contributed by atoms with Gasteiger partial charge in [0.15, 0.2) is 5.82 Å². The third kappa shape index (κ3) is 3.58. The lowest BCUT2D eigenvalue weighted by molar-refractivity contribution is -0.137. The van der Waals surface area contributed by atoms with E-state index in [2.05, 4.69) is 15.4 Å². The lowest BCUT2D eigenvalue weighted by Gasteiger charge is -2.09. The van der Waals surface area contributed by atoms with Crippen molar-refractivity contribution in [1.82, 2.24) is 14.8 Å². The summed E-state index contributed by atoms with van der Waals surface area (Å²) >= 11 is 0. The molecule has 3 aromatic rings. The van der Waals surface area contributed by atoms with E-state index in [1.54, 1.807) is 23.0 Å². The van der Waals surface area contributed by atoms with E-state index in [9.17, 15) is 18.0 Å². The standard InChI is InChI=1S/C18H15F3N4O/c1-2-15-14(11-23-25(15)16-5-3-4-10-22-16)17(26)24-13-8-6-12(7-9-13)18(19,20)21/h3-11H,2H2,1H3,(H,24,26). The third-order valence-electron chi connectivity index (χ3n) is 3.78. The number of anilines is 1. The summed E-state index contributed by atoms with van der Waals surface area (Å²) in [5.74, 6) is 0.140. The first-order valence-electron chi connectivity index (χ1n) is 7.87. The number of aromatic nitrogens is 3. The van der Waals surface area contributed by atoms with E-state index in [0.717, 1.165) is 12.1 Å². The summed E-state index contributed by atoms with van der Waals surface area (Å²) in [4.78, 5) is 16.7. The number of pyridine rings is 1. The lowest BCUT2D eigenvalue weighted by Crippen LogP contribution is -2.15. The Balaban J connectivity index is 1.83. The molecule has 1 N–H and O–H groups in total. The van der Waals surface area contributed by atoms with Crippen LogP contribution in [0.5, 0.6) is 0 Å². The molecule has 0 unspecified atom stereocenters. The van der Waals surface area contributed by atoms with E-state index in [1.165, 1.54) is 18.3 Å². The Bertz CT molecular complexity index is 902. The molecule has 2 heterocycles. The maximum absolute atomic E-state index is 12.6. The predicted molar refractivity (Wildman–Crippen MR) is 90.1 cm³/mol. The van der Waals surface area contributed by atoms with Crippen molar-refractivity contribution in [2.24, 2.45) is 0 Å². The van der Waals surface area contributed by atoms with Gasteiger partial charge in [0.05, 0.1) is 23.0 Å². The van der Waals surface area contributed by atoms with Crippen LogP contribution < -0.4 is 5.32 Å². The van der Waals surface area contributed by atoms with Gasteiger partial charge in [-0.15, -0.1) is 0 Å². The van der Waals surface area contributed by atoms with Crippen molar-refractivity contribution in [3.8, 4) is 5.82 Å². The van der Waals surface area contributed by atoms with Gasteiger partial charge >= 0.3 is 6.18 Å². The molecule has 1 aromatic carbocycles. The molecule has 0 spiro atoms. The van der Waals surface area contributed by atoms with Crippen LogP contribution in [-0.4, -0.2) is 20.7 Å². The van der Waals surface area contributed by atoms with E-state index in [1.807, 2.05) is 13.0 Å². The first-order chi connectivity index (χ1) is 12.4. The van der Waals surface area contributed by atoms with Crippen LogP contribution in [0.15, 0.2) is 54.9 Å². The Hall–Kier alpha value is -3.16. The second-order valence-corrected chi connectivity index (χ2v) is 5.49. The number of hydrogen-bond donors (Lipinski definition) is 1. The molecule has 0 bridgehead atoms. The van der Waals surface area contributed by atoms with Crippen LogP contribution in [-0.2, 0) is 12.6 Å². The maximum atomic E-state index is 12.6. The largest absolute Gasteiger partial charge is 0.416 e. The highest BCUT2D eigenvalue weighted by molar-refractivity contribution is 6.05. The van der Waals surface area contributed by atoms with E-state index in [4.69, 9.17) is 0 Å². The van der Waals surface area contributed by atoms with Crippen LogP contribution in [0.3, 0.4) is 0 Å². The molecule has 1 amide bonds. The average molecular weight is 360 g/mol. The minimum absolute atomic E-state index is 0.274. The van der Waals surface area contributed by atoms with Crippen molar-refractivity contribution in [2.75, 3.05) is 5.32 Å². The Labute approximate surface area is 147 Å². The van der Waals surface area contributed by atoms with E-state index in [0.29, 0.717) is 23.5 Å². The molecule has 134 valence electrons. The highest BCUT2D eigenvalue weighted by Crippen LogP contribution is 2.30. The van der Waals surface area contributed by atoms with Crippen LogP contribution in [0.25, 0.3) is 5.82 Å². The molecule has 2 aromatic heterocycles. The number of carbonyl (C=O) groups is 1. The van der Waals surface area contributed by atoms with Crippen molar-refractivity contribution in [2.45, 2.75) is 19.5 Å². The summed E-state index contributed by atoms with van der Waals surface area (Å²) < 4.78 is 39.4. The molecular formula is C18H15F3N4O. The Morgan fingerprint density at radius 3 is 2.46 bits per heavy atom. The van der Waals surface area contributed by atoms with Crippen molar-refractivity contribution in [3.63, 3.8) is 0 Å². The molecule has 8 heteroatoms. The molecule has 0 aliphatic rings. The average Bonchev–Trinajstić information content (AvgIpc) is 3.06. The predicted octanol–water partition coefficient (Wildman–Crippen LogP) is 4.10. The molecule has 5 nitrogen and oxygen atoms in total. The first-order valence-corrected chi connectivity index (χ1v) is 7.87. The SMILES string of the molecule is CCc1c(C(=O)Nc2ccc(C(F)(F)F)cc2)cnn1-c1ccccn1. The summed E-state index contributed by atoms with van der Waals surface area (Å²) in [6.07, 6.45) is -0.834. The molecule has 0 saturated heterocycles. The summed E-state index contributed by atoms with van der Waals surface area (Å²) in [6.45, 7) is 1.88. The zero-order valence-corrected chi connectivity index (χ0v) is 13.8. The fraction of sp³-hybridized carbons (Fsp3) is 0.167. The quantitative estimate of drug-likeness (QED) is 0.762. The number of alkyl halides is 3. The molecule has 3 rings (SSSR count). The second-order valence-electron chi connectivity index (χ2n) is 5.49. The van der Waals surface area contributed by atoms with Gasteiger partial charge in [0, 0.05) is 11.9 Å². The zero-order valence-electron chi connectivity index (χ0n) is 13.8. The van der Waals surface area contributed by atoms with Gasteiger partial charge in [-0.25, -0.2) is 9.67 Å². The number of carbonyl (C=O) groups excluding carboxylic acids is 1. The molecule has 0 radical (unpaired) electrons. The van der Waals surface area contributed by atoms with Gasteiger partial charge in [-0.2, -0.15) is 18.3 Å². The number of benzene rings is 1. The topological polar surface area (TPSA) is 59.8 Å². The van der Waals surface area contributed by atoms with Gasteiger partial charge in [0.25, 0.3) is 5.91 Å². The van der Waals surface area contributed by atoms with Gasteiger partial charge in [-0.05, 0) is 42.8 Å². The number of hydrogen-bond acceptors (Lipinski definition) is 3. The molecule has 0 aliphatic carbocycles. The van der Waals surface area contributed by atoms with E-state index < -0.39 is 17.6 Å². The van der Waals surface area contributed by atoms with Gasteiger partial charge in [0.1, 0.15) is 0 Å². The normalized spacial score (nSPS) is 11.4. The maximum Gasteiger partial charge on any atom is 0.416 e. The van der Waals surface area contributed by atoms with Crippen LogP contribution in [0, 0.1) is 0 Å². The number of halogens is 3. The Morgan fingerprint density at radius 2 is 1.88 bits per heavy atom. The minimum atomic E-state index is -4.41. The van der Waals surface area contributed by atoms with Crippen LogP contribution in [0.1, 0.15) is 28.5 Å². The minimum Gasteiger partial charge on any atom is -0.322 e. The van der Waals surface area contributed by atoms with Crippen molar-refractivity contribution < 1.29 is 18.0 Å². The monoisotopic (exact) mass is 360 g/mol. The number of amides is 1. The van der Waals surface area contributed by atoms with E-state index in [-0.39, 0.29) is 5.69 Å². The fourth-order valence-electron chi connectivity index (χ4n) is 2.52. The van der Waals surface area contributed by atoms with Gasteiger partial charge in [-0.3, -0.25) is 4.79 Å². The summed E-state index contributed by atoms with van der Waals surface area (Å²) in [7, 11) is 0. The highest BCUT2D eigenvalue weighted by atomic mass is 19.4. The lowest BCUT2D eigenvalue weighted by atomic mass is 10.1. The Kier molecular flexibility index (Phi) is 4.75. The molecule has 0 fully saturated rings. The smallest absolute Gasteiger partial charge is 0.322 e. The van der Waals surface area contributed by atoms with Gasteiger partial charge in [0.2, 0.25) is 0 Å². The van der Waals surface area contributed by atoms with Crippen molar-refractivity contribution in [3.05, 3.63) is 71.7 Å². The van der Waals surface area contributed by atoms with Crippen LogP contribution >= 0.6 is 0 Å². The van der Waals surface area contributed by atoms with Gasteiger partial charge in [-0.1, -0.05) is 13.0 Å². The molecule has 0 saturated carbocycles. The van der Waals surface area contributed by atoms with E-state index >= 15 is 0 Å². The molecular weight excluding hydrogens is 345 g/mol. The zero-order chi connectivity index (χ0) is 18.7. The number of nitrogens with one attached hydrogen (secondary N) is 1. The van der Waals surface area contributed by atoms with Crippen LogP contribution in [0.2, 0.25) is 0 Å². The molecule has 0 aliphatic heterocycles. The second kappa shape index (κ2) is 6.99. The molecule has 0 atom stereocenters. The fourth-order valence-corrected chi connectivity index (χ4v) is 2.52. The summed E-state index contributed by atoms with van der Waals surface area (Å²) in [5, 5.41) is 6.81. The molecule has 26 heavy (non-hydrogen) atoms. The van der Waals surface area contributed by atoms with Crippen LogP contribution in [0.4, 0.5) is 18.9 Å². The highest BCUT2D eigenvalue weighted by Gasteiger charge is 2.30. The number of rotatable bonds is 4. The van der Waals surface area contributed by atoms with Crippen molar-refractivity contribution in [1.29, 1.82) is 0 Å². The summed E-state index contributed by atoms with van der Waals surface area (Å²) in [6, 6.07) is 9.64. The van der Waals surface area contributed by atoms with Crippen molar-refractivity contribution >= 4 is 11.6 Å².